The molecule has 0 unspecified atom stereocenters. The summed E-state index contributed by atoms with van der Waals surface area (Å²) in [6.07, 6.45) is 3.56. The summed E-state index contributed by atoms with van der Waals surface area (Å²) in [5.74, 6) is -0.349. The Kier molecular flexibility index (Phi) is 3.28. The number of hydroxylamine groups is 2. The van der Waals surface area contributed by atoms with Gasteiger partial charge in [-0.2, -0.15) is 0 Å². The molecule has 0 radical (unpaired) electrons. The molecule has 0 aromatic carbocycles. The molecule has 2 saturated heterocycles. The molecule has 2 fully saturated rings. The molecule has 0 saturated carbocycles. The van der Waals surface area contributed by atoms with Crippen LogP contribution in [0.2, 0.25) is 0 Å². The zero-order valence-corrected chi connectivity index (χ0v) is 9.22. The SMILES string of the molecule is NC(=O)N1CCC[C@H]1C(=O)ON1CCCC1. The summed E-state index contributed by atoms with van der Waals surface area (Å²) in [7, 11) is 0. The Bertz CT molecular complexity index is 289. The maximum atomic E-state index is 11.8. The van der Waals surface area contributed by atoms with Gasteiger partial charge in [-0.3, -0.25) is 0 Å². The summed E-state index contributed by atoms with van der Waals surface area (Å²) in [6.45, 7) is 2.12. The molecule has 0 aromatic heterocycles. The van der Waals surface area contributed by atoms with Gasteiger partial charge in [-0.25, -0.2) is 9.59 Å². The van der Waals surface area contributed by atoms with Crippen LogP contribution in [0.15, 0.2) is 0 Å². The molecule has 0 spiro atoms. The van der Waals surface area contributed by atoms with E-state index >= 15 is 0 Å². The molecule has 2 heterocycles. The lowest BCUT2D eigenvalue weighted by Crippen LogP contribution is -2.45. The summed E-state index contributed by atoms with van der Waals surface area (Å²) < 4.78 is 0. The molecule has 0 aromatic rings. The lowest BCUT2D eigenvalue weighted by atomic mass is 10.2. The third-order valence-electron chi connectivity index (χ3n) is 3.09. The molecular weight excluding hydrogens is 210 g/mol. The van der Waals surface area contributed by atoms with Crippen molar-refractivity contribution in [2.75, 3.05) is 19.6 Å². The second kappa shape index (κ2) is 4.69. The molecule has 2 aliphatic heterocycles. The van der Waals surface area contributed by atoms with Gasteiger partial charge in [0, 0.05) is 19.6 Å². The summed E-state index contributed by atoms with van der Waals surface area (Å²) in [4.78, 5) is 29.5. The molecular formula is C10H17N3O3. The normalized spacial score (nSPS) is 26.0. The minimum Gasteiger partial charge on any atom is -0.366 e. The molecule has 6 heteroatoms. The number of nitrogens with two attached hydrogens (primary N) is 1. The van der Waals surface area contributed by atoms with Crippen LogP contribution in [0.25, 0.3) is 0 Å². The van der Waals surface area contributed by atoms with Gasteiger partial charge in [-0.1, -0.05) is 0 Å². The van der Waals surface area contributed by atoms with E-state index in [1.165, 1.54) is 4.90 Å². The van der Waals surface area contributed by atoms with Gasteiger partial charge in [0.1, 0.15) is 6.04 Å². The van der Waals surface area contributed by atoms with Crippen LogP contribution in [0, 0.1) is 0 Å². The highest BCUT2D eigenvalue weighted by Gasteiger charge is 2.35. The van der Waals surface area contributed by atoms with Crippen LogP contribution in [-0.4, -0.2) is 47.6 Å². The van der Waals surface area contributed by atoms with E-state index in [4.69, 9.17) is 10.6 Å². The van der Waals surface area contributed by atoms with Gasteiger partial charge < -0.3 is 15.5 Å². The van der Waals surface area contributed by atoms with Crippen LogP contribution >= 0.6 is 0 Å². The van der Waals surface area contributed by atoms with E-state index in [9.17, 15) is 9.59 Å². The molecule has 2 N–H and O–H groups in total. The van der Waals surface area contributed by atoms with Gasteiger partial charge in [0.05, 0.1) is 0 Å². The lowest BCUT2D eigenvalue weighted by molar-refractivity contribution is -0.189. The van der Waals surface area contributed by atoms with Crippen molar-refractivity contribution in [3.8, 4) is 0 Å². The van der Waals surface area contributed by atoms with Crippen molar-refractivity contribution in [1.82, 2.24) is 9.96 Å². The van der Waals surface area contributed by atoms with Gasteiger partial charge in [0.2, 0.25) is 0 Å². The fraction of sp³-hybridized carbons (Fsp3) is 0.800. The lowest BCUT2D eigenvalue weighted by Gasteiger charge is -2.23. The van der Waals surface area contributed by atoms with Crippen LogP contribution in [0.4, 0.5) is 4.79 Å². The van der Waals surface area contributed by atoms with E-state index in [1.54, 1.807) is 5.06 Å². The number of rotatable bonds is 2. The molecule has 6 nitrogen and oxygen atoms in total. The van der Waals surface area contributed by atoms with Gasteiger partial charge in [0.25, 0.3) is 0 Å². The number of amides is 2. The molecule has 1 atom stereocenters. The monoisotopic (exact) mass is 227 g/mol. The fourth-order valence-corrected chi connectivity index (χ4v) is 2.24. The van der Waals surface area contributed by atoms with Crippen molar-refractivity contribution in [3.63, 3.8) is 0 Å². The first kappa shape index (κ1) is 11.2. The average Bonchev–Trinajstić information content (AvgIpc) is 2.86. The highest BCUT2D eigenvalue weighted by atomic mass is 16.7. The maximum Gasteiger partial charge on any atom is 0.347 e. The minimum atomic E-state index is -0.541. The minimum absolute atomic E-state index is 0.349. The Morgan fingerprint density at radius 1 is 1.12 bits per heavy atom. The number of urea groups is 1. The number of carbonyl (C=O) groups is 2. The fourth-order valence-electron chi connectivity index (χ4n) is 2.24. The van der Waals surface area contributed by atoms with E-state index in [0.29, 0.717) is 13.0 Å². The Morgan fingerprint density at radius 3 is 2.44 bits per heavy atom. The van der Waals surface area contributed by atoms with Crippen molar-refractivity contribution in [3.05, 3.63) is 0 Å². The second-order valence-corrected chi connectivity index (χ2v) is 4.24. The first-order valence-corrected chi connectivity index (χ1v) is 5.71. The molecule has 2 aliphatic rings. The highest BCUT2D eigenvalue weighted by molar-refractivity contribution is 5.83. The maximum absolute atomic E-state index is 11.8. The Labute approximate surface area is 94.3 Å². The molecule has 2 amide bonds. The Morgan fingerprint density at radius 2 is 1.81 bits per heavy atom. The predicted octanol–water partition coefficient (Wildman–Crippen LogP) is 0.0835. The van der Waals surface area contributed by atoms with Crippen molar-refractivity contribution >= 4 is 12.0 Å². The zero-order valence-electron chi connectivity index (χ0n) is 9.22. The quantitative estimate of drug-likeness (QED) is 0.725. The summed E-state index contributed by atoms with van der Waals surface area (Å²) in [5.41, 5.74) is 5.20. The summed E-state index contributed by atoms with van der Waals surface area (Å²) in [6, 6.07) is -1.03. The first-order valence-electron chi connectivity index (χ1n) is 5.71. The largest absolute Gasteiger partial charge is 0.366 e. The van der Waals surface area contributed by atoms with E-state index in [1.807, 2.05) is 0 Å². The molecule has 0 aliphatic carbocycles. The van der Waals surface area contributed by atoms with Gasteiger partial charge >= 0.3 is 12.0 Å². The van der Waals surface area contributed by atoms with Crippen molar-refractivity contribution in [1.29, 1.82) is 0 Å². The van der Waals surface area contributed by atoms with E-state index in [0.717, 1.165) is 32.4 Å². The van der Waals surface area contributed by atoms with Crippen molar-refractivity contribution < 1.29 is 14.4 Å². The number of likely N-dealkylation sites (tertiary alicyclic amines) is 1. The highest BCUT2D eigenvalue weighted by Crippen LogP contribution is 2.19. The molecule has 2 rings (SSSR count). The van der Waals surface area contributed by atoms with Gasteiger partial charge in [-0.05, 0) is 25.7 Å². The number of nitrogens with zero attached hydrogens (tertiary/aromatic N) is 2. The summed E-state index contributed by atoms with van der Waals surface area (Å²) in [5, 5.41) is 1.67. The Balaban J connectivity index is 1.90. The smallest absolute Gasteiger partial charge is 0.347 e. The third kappa shape index (κ3) is 2.27. The van der Waals surface area contributed by atoms with Crippen molar-refractivity contribution in [2.24, 2.45) is 5.73 Å². The number of carbonyl (C=O) groups excluding carboxylic acids is 2. The molecule has 16 heavy (non-hydrogen) atoms. The predicted molar refractivity (Wildman–Crippen MR) is 56.2 cm³/mol. The molecule has 90 valence electrons. The Hall–Kier alpha value is -1.30. The topological polar surface area (TPSA) is 75.9 Å². The zero-order chi connectivity index (χ0) is 11.5. The van der Waals surface area contributed by atoms with Gasteiger partial charge in [-0.15, -0.1) is 5.06 Å². The van der Waals surface area contributed by atoms with E-state index in [2.05, 4.69) is 0 Å². The van der Waals surface area contributed by atoms with Gasteiger partial charge in [0.15, 0.2) is 0 Å². The standard InChI is InChI=1S/C10H17N3O3/c11-10(15)13-7-3-4-8(13)9(14)16-12-5-1-2-6-12/h8H,1-7H2,(H2,11,15)/t8-/m0/s1. The van der Waals surface area contributed by atoms with E-state index in [-0.39, 0.29) is 5.97 Å². The number of primary amides is 1. The average molecular weight is 227 g/mol. The summed E-state index contributed by atoms with van der Waals surface area (Å²) >= 11 is 0. The van der Waals surface area contributed by atoms with Crippen LogP contribution in [0.5, 0.6) is 0 Å². The number of hydrogen-bond donors (Lipinski definition) is 1. The number of hydrogen-bond acceptors (Lipinski definition) is 4. The molecule has 0 bridgehead atoms. The van der Waals surface area contributed by atoms with Crippen LogP contribution in [0.3, 0.4) is 0 Å². The van der Waals surface area contributed by atoms with Crippen LogP contribution in [-0.2, 0) is 9.63 Å². The second-order valence-electron chi connectivity index (χ2n) is 4.24. The van der Waals surface area contributed by atoms with Crippen LogP contribution < -0.4 is 5.73 Å². The van der Waals surface area contributed by atoms with Crippen molar-refractivity contribution in [2.45, 2.75) is 31.7 Å². The van der Waals surface area contributed by atoms with E-state index < -0.39 is 12.1 Å². The first-order chi connectivity index (χ1) is 7.68. The van der Waals surface area contributed by atoms with Crippen LogP contribution in [0.1, 0.15) is 25.7 Å². The third-order valence-corrected chi connectivity index (χ3v) is 3.09.